The van der Waals surface area contributed by atoms with Gasteiger partial charge in [0.1, 0.15) is 0 Å². The van der Waals surface area contributed by atoms with Crippen molar-refractivity contribution in [3.05, 3.63) is 0 Å². The van der Waals surface area contributed by atoms with Crippen LogP contribution in [0.2, 0.25) is 0 Å². The zero-order valence-electron chi connectivity index (χ0n) is 11.3. The average Bonchev–Trinajstić information content (AvgIpc) is 2.60. The largest absolute Gasteiger partial charge is 0.314 e. The Kier molecular flexibility index (Phi) is 4.64. The number of hydrogen-bond donors (Lipinski definition) is 1. The van der Waals surface area contributed by atoms with Crippen LogP contribution in [-0.2, 0) is 0 Å². The van der Waals surface area contributed by atoms with Crippen LogP contribution >= 0.6 is 0 Å². The van der Waals surface area contributed by atoms with Crippen molar-refractivity contribution in [2.24, 2.45) is 17.3 Å². The number of rotatable bonds is 4. The third-order valence-electron chi connectivity index (χ3n) is 4.31. The summed E-state index contributed by atoms with van der Waals surface area (Å²) in [6, 6.07) is 0.805. The molecule has 0 aromatic heterocycles. The van der Waals surface area contributed by atoms with Crippen LogP contribution in [0, 0.1) is 17.3 Å². The summed E-state index contributed by atoms with van der Waals surface area (Å²) in [5.74, 6) is 1.76. The van der Waals surface area contributed by atoms with Crippen molar-refractivity contribution in [2.75, 3.05) is 6.54 Å². The Morgan fingerprint density at radius 3 is 2.40 bits per heavy atom. The molecule has 90 valence electrons. The average molecular weight is 211 g/mol. The van der Waals surface area contributed by atoms with Crippen molar-refractivity contribution in [2.45, 2.75) is 66.3 Å². The summed E-state index contributed by atoms with van der Waals surface area (Å²) in [7, 11) is 0. The molecule has 1 fully saturated rings. The van der Waals surface area contributed by atoms with E-state index in [2.05, 4.69) is 39.9 Å². The van der Waals surface area contributed by atoms with Crippen molar-refractivity contribution in [3.63, 3.8) is 0 Å². The number of hydrogen-bond acceptors (Lipinski definition) is 1. The predicted molar refractivity (Wildman–Crippen MR) is 68.0 cm³/mol. The second-order valence-corrected chi connectivity index (χ2v) is 6.46. The van der Waals surface area contributed by atoms with E-state index in [1.165, 1.54) is 32.2 Å². The van der Waals surface area contributed by atoms with Gasteiger partial charge in [0, 0.05) is 6.04 Å². The summed E-state index contributed by atoms with van der Waals surface area (Å²) in [5, 5.41) is 3.75. The lowest BCUT2D eigenvalue weighted by atomic mass is 9.82. The minimum atomic E-state index is 0.440. The molecule has 3 unspecified atom stereocenters. The molecule has 1 nitrogen and oxygen atoms in total. The first-order valence-electron chi connectivity index (χ1n) is 6.66. The normalized spacial score (nSPS) is 29.4. The fourth-order valence-electron chi connectivity index (χ4n) is 2.28. The van der Waals surface area contributed by atoms with Crippen LogP contribution in [0.5, 0.6) is 0 Å². The molecule has 1 N–H and O–H groups in total. The van der Waals surface area contributed by atoms with Crippen LogP contribution in [0.25, 0.3) is 0 Å². The van der Waals surface area contributed by atoms with E-state index in [0.29, 0.717) is 5.41 Å². The highest BCUT2D eigenvalue weighted by Gasteiger charge is 2.25. The molecule has 1 rings (SSSR count). The molecule has 15 heavy (non-hydrogen) atoms. The van der Waals surface area contributed by atoms with Gasteiger partial charge in [-0.1, -0.05) is 41.0 Å². The molecule has 0 bridgehead atoms. The summed E-state index contributed by atoms with van der Waals surface area (Å²) in [6.07, 6.45) is 5.62. The summed E-state index contributed by atoms with van der Waals surface area (Å²) in [4.78, 5) is 0. The maximum atomic E-state index is 3.75. The van der Waals surface area contributed by atoms with Crippen molar-refractivity contribution in [1.29, 1.82) is 0 Å². The molecule has 0 aliphatic heterocycles. The molecular weight excluding hydrogens is 182 g/mol. The van der Waals surface area contributed by atoms with Gasteiger partial charge in [0.05, 0.1) is 0 Å². The third kappa shape index (κ3) is 4.14. The molecule has 0 radical (unpaired) electrons. The Morgan fingerprint density at radius 2 is 1.93 bits per heavy atom. The molecule has 1 saturated carbocycles. The molecule has 1 aliphatic rings. The van der Waals surface area contributed by atoms with Gasteiger partial charge in [-0.15, -0.1) is 0 Å². The standard InChI is InChI=1S/C14H29N/c1-6-12-7-8-13(9-12)15-10-11(2)14(3,4)5/h11-13,15H,6-10H2,1-5H3. The Labute approximate surface area is 96.0 Å². The minimum absolute atomic E-state index is 0.440. The zero-order valence-corrected chi connectivity index (χ0v) is 11.3. The quantitative estimate of drug-likeness (QED) is 0.745. The highest BCUT2D eigenvalue weighted by Crippen LogP contribution is 2.29. The minimum Gasteiger partial charge on any atom is -0.314 e. The molecule has 0 aromatic rings. The van der Waals surface area contributed by atoms with E-state index in [4.69, 9.17) is 0 Å². The van der Waals surface area contributed by atoms with Crippen LogP contribution in [0.3, 0.4) is 0 Å². The first-order chi connectivity index (χ1) is 6.93. The van der Waals surface area contributed by atoms with Gasteiger partial charge in [0.15, 0.2) is 0 Å². The lowest BCUT2D eigenvalue weighted by molar-refractivity contribution is 0.244. The lowest BCUT2D eigenvalue weighted by Gasteiger charge is -2.28. The molecule has 0 spiro atoms. The monoisotopic (exact) mass is 211 g/mol. The summed E-state index contributed by atoms with van der Waals surface area (Å²) in [6.45, 7) is 12.9. The predicted octanol–water partition coefficient (Wildman–Crippen LogP) is 3.84. The van der Waals surface area contributed by atoms with Gasteiger partial charge < -0.3 is 5.32 Å². The first-order valence-corrected chi connectivity index (χ1v) is 6.66. The molecule has 0 saturated heterocycles. The number of nitrogens with one attached hydrogen (secondary N) is 1. The Morgan fingerprint density at radius 1 is 1.27 bits per heavy atom. The smallest absolute Gasteiger partial charge is 0.00699 e. The summed E-state index contributed by atoms with van der Waals surface area (Å²) in [5.41, 5.74) is 0.440. The third-order valence-corrected chi connectivity index (χ3v) is 4.31. The van der Waals surface area contributed by atoms with Crippen LogP contribution in [0.15, 0.2) is 0 Å². The van der Waals surface area contributed by atoms with Gasteiger partial charge >= 0.3 is 0 Å². The Bertz CT molecular complexity index is 180. The van der Waals surface area contributed by atoms with E-state index in [9.17, 15) is 0 Å². The molecule has 1 aliphatic carbocycles. The topological polar surface area (TPSA) is 12.0 Å². The van der Waals surface area contributed by atoms with Crippen LogP contribution in [0.1, 0.15) is 60.3 Å². The van der Waals surface area contributed by atoms with E-state index in [0.717, 1.165) is 17.9 Å². The highest BCUT2D eigenvalue weighted by molar-refractivity contribution is 4.81. The maximum absolute atomic E-state index is 3.75. The van der Waals surface area contributed by atoms with Gasteiger partial charge in [-0.2, -0.15) is 0 Å². The van der Waals surface area contributed by atoms with Gasteiger partial charge in [-0.05, 0) is 43.1 Å². The SMILES string of the molecule is CCC1CCC(NCC(C)C(C)(C)C)C1. The van der Waals surface area contributed by atoms with Gasteiger partial charge in [0.25, 0.3) is 0 Å². The van der Waals surface area contributed by atoms with Crippen LogP contribution in [-0.4, -0.2) is 12.6 Å². The zero-order chi connectivity index (χ0) is 11.5. The molecule has 0 heterocycles. The van der Waals surface area contributed by atoms with E-state index in [1.807, 2.05) is 0 Å². The van der Waals surface area contributed by atoms with Gasteiger partial charge in [-0.3, -0.25) is 0 Å². The van der Waals surface area contributed by atoms with Gasteiger partial charge in [0.2, 0.25) is 0 Å². The second-order valence-electron chi connectivity index (χ2n) is 6.46. The van der Waals surface area contributed by atoms with Crippen molar-refractivity contribution < 1.29 is 0 Å². The Balaban J connectivity index is 2.21. The molecular formula is C14H29N. The van der Waals surface area contributed by atoms with E-state index >= 15 is 0 Å². The van der Waals surface area contributed by atoms with E-state index in [-0.39, 0.29) is 0 Å². The first kappa shape index (κ1) is 13.0. The molecule has 1 heteroatoms. The fourth-order valence-corrected chi connectivity index (χ4v) is 2.28. The van der Waals surface area contributed by atoms with Crippen molar-refractivity contribution in [1.82, 2.24) is 5.32 Å². The highest BCUT2D eigenvalue weighted by atomic mass is 14.9. The molecule has 3 atom stereocenters. The van der Waals surface area contributed by atoms with Crippen LogP contribution < -0.4 is 5.32 Å². The summed E-state index contributed by atoms with van der Waals surface area (Å²) >= 11 is 0. The van der Waals surface area contributed by atoms with Crippen molar-refractivity contribution >= 4 is 0 Å². The van der Waals surface area contributed by atoms with Crippen molar-refractivity contribution in [3.8, 4) is 0 Å². The van der Waals surface area contributed by atoms with E-state index < -0.39 is 0 Å². The van der Waals surface area contributed by atoms with E-state index in [1.54, 1.807) is 0 Å². The van der Waals surface area contributed by atoms with Crippen LogP contribution in [0.4, 0.5) is 0 Å². The maximum Gasteiger partial charge on any atom is 0.00699 e. The lowest BCUT2D eigenvalue weighted by Crippen LogP contribution is -2.35. The molecule has 0 amide bonds. The fraction of sp³-hybridized carbons (Fsp3) is 1.00. The molecule has 0 aromatic carbocycles. The summed E-state index contributed by atoms with van der Waals surface area (Å²) < 4.78 is 0. The van der Waals surface area contributed by atoms with Gasteiger partial charge in [-0.25, -0.2) is 0 Å². The second kappa shape index (κ2) is 5.34. The Hall–Kier alpha value is -0.0400.